The second-order valence-electron chi connectivity index (χ2n) is 7.02. The van der Waals surface area contributed by atoms with E-state index in [1.165, 1.54) is 9.87 Å². The van der Waals surface area contributed by atoms with Crippen LogP contribution in [0.5, 0.6) is 0 Å². The molecule has 5 nitrogen and oxygen atoms in total. The lowest BCUT2D eigenvalue weighted by atomic mass is 10.1. The van der Waals surface area contributed by atoms with E-state index in [0.717, 1.165) is 12.8 Å². The molecule has 0 saturated carbocycles. The van der Waals surface area contributed by atoms with Crippen molar-refractivity contribution in [1.82, 2.24) is 9.62 Å². The first kappa shape index (κ1) is 19.6. The Morgan fingerprint density at radius 1 is 1.11 bits per heavy atom. The normalized spacial score (nSPS) is 18.9. The summed E-state index contributed by atoms with van der Waals surface area (Å²) in [6, 6.07) is 17.8. The number of hydrogen-bond acceptors (Lipinski definition) is 3. The molecule has 1 aliphatic heterocycles. The van der Waals surface area contributed by atoms with E-state index in [2.05, 4.69) is 17.4 Å². The largest absolute Gasteiger partial charge is 0.352 e. The fourth-order valence-corrected chi connectivity index (χ4v) is 5.13. The molecule has 0 spiro atoms. The number of carbonyl (C=O) groups is 1. The van der Waals surface area contributed by atoms with Crippen LogP contribution in [0.15, 0.2) is 65.6 Å². The summed E-state index contributed by atoms with van der Waals surface area (Å²) in [7, 11) is -3.65. The molecule has 1 fully saturated rings. The maximum absolute atomic E-state index is 12.9. The summed E-state index contributed by atoms with van der Waals surface area (Å²) >= 11 is 0. The van der Waals surface area contributed by atoms with E-state index in [-0.39, 0.29) is 16.8 Å². The van der Waals surface area contributed by atoms with Gasteiger partial charge < -0.3 is 5.32 Å². The third kappa shape index (κ3) is 4.76. The van der Waals surface area contributed by atoms with Crippen molar-refractivity contribution in [3.63, 3.8) is 0 Å². The van der Waals surface area contributed by atoms with Crippen molar-refractivity contribution in [2.75, 3.05) is 6.54 Å². The number of hydrogen-bond donors (Lipinski definition) is 1. The van der Waals surface area contributed by atoms with Gasteiger partial charge in [-0.05, 0) is 50.3 Å². The van der Waals surface area contributed by atoms with Gasteiger partial charge in [0.15, 0.2) is 0 Å². The molecule has 2 aromatic carbocycles. The second-order valence-corrected chi connectivity index (χ2v) is 8.91. The van der Waals surface area contributed by atoms with Crippen LogP contribution in [0.25, 0.3) is 0 Å². The third-order valence-electron chi connectivity index (χ3n) is 4.95. The lowest BCUT2D eigenvalue weighted by Gasteiger charge is -2.25. The number of nitrogens with zero attached hydrogens (tertiary/aromatic N) is 1. The molecule has 0 aromatic heterocycles. The van der Waals surface area contributed by atoms with Crippen LogP contribution in [-0.4, -0.2) is 37.3 Å². The second kappa shape index (κ2) is 8.67. The first-order valence-corrected chi connectivity index (χ1v) is 10.8. The fraction of sp³-hybridized carbons (Fsp3) is 0.381. The van der Waals surface area contributed by atoms with Crippen molar-refractivity contribution in [2.24, 2.45) is 0 Å². The summed E-state index contributed by atoms with van der Waals surface area (Å²) in [5.41, 5.74) is 1.23. The van der Waals surface area contributed by atoms with Gasteiger partial charge in [0.25, 0.3) is 0 Å². The SMILES string of the molecule is CC(CCc1ccccc1)NC(=O)C1CCCN1S(=O)(=O)c1ccccc1. The molecule has 1 aliphatic rings. The summed E-state index contributed by atoms with van der Waals surface area (Å²) in [5, 5.41) is 3.00. The molecule has 27 heavy (non-hydrogen) atoms. The van der Waals surface area contributed by atoms with Gasteiger partial charge in [-0.25, -0.2) is 8.42 Å². The van der Waals surface area contributed by atoms with Gasteiger partial charge in [-0.15, -0.1) is 0 Å². The minimum Gasteiger partial charge on any atom is -0.352 e. The highest BCUT2D eigenvalue weighted by Gasteiger charge is 2.39. The molecular formula is C21H26N2O3S. The average molecular weight is 387 g/mol. The van der Waals surface area contributed by atoms with Crippen LogP contribution >= 0.6 is 0 Å². The number of rotatable bonds is 7. The Balaban J connectivity index is 1.62. The highest BCUT2D eigenvalue weighted by Crippen LogP contribution is 2.26. The van der Waals surface area contributed by atoms with Crippen LogP contribution in [0.2, 0.25) is 0 Å². The third-order valence-corrected chi connectivity index (χ3v) is 6.88. The average Bonchev–Trinajstić information content (AvgIpc) is 3.19. The number of carbonyl (C=O) groups excluding carboxylic acids is 1. The fourth-order valence-electron chi connectivity index (χ4n) is 3.46. The first-order valence-electron chi connectivity index (χ1n) is 9.39. The topological polar surface area (TPSA) is 66.5 Å². The Hall–Kier alpha value is -2.18. The summed E-state index contributed by atoms with van der Waals surface area (Å²) in [4.78, 5) is 13.0. The van der Waals surface area contributed by atoms with Crippen LogP contribution in [0.3, 0.4) is 0 Å². The van der Waals surface area contributed by atoms with E-state index >= 15 is 0 Å². The molecule has 1 N–H and O–H groups in total. The van der Waals surface area contributed by atoms with Crippen LogP contribution in [0.4, 0.5) is 0 Å². The summed E-state index contributed by atoms with van der Waals surface area (Å²) in [6.07, 6.45) is 2.94. The van der Waals surface area contributed by atoms with Crippen LogP contribution < -0.4 is 5.32 Å². The molecule has 2 unspecified atom stereocenters. The minimum absolute atomic E-state index is 0.0143. The molecule has 0 radical (unpaired) electrons. The van der Waals surface area contributed by atoms with Gasteiger partial charge in [-0.2, -0.15) is 4.31 Å². The lowest BCUT2D eigenvalue weighted by Crippen LogP contribution is -2.48. The van der Waals surface area contributed by atoms with Gasteiger partial charge in [0.1, 0.15) is 6.04 Å². The van der Waals surface area contributed by atoms with Gasteiger partial charge >= 0.3 is 0 Å². The van der Waals surface area contributed by atoms with Crippen molar-refractivity contribution in [2.45, 2.75) is 49.6 Å². The van der Waals surface area contributed by atoms with Crippen LogP contribution in [-0.2, 0) is 21.2 Å². The Bertz CT molecular complexity index is 854. The van der Waals surface area contributed by atoms with Crippen molar-refractivity contribution in [1.29, 1.82) is 0 Å². The zero-order chi connectivity index (χ0) is 19.3. The van der Waals surface area contributed by atoms with Crippen molar-refractivity contribution in [3.8, 4) is 0 Å². The highest BCUT2D eigenvalue weighted by molar-refractivity contribution is 7.89. The number of amides is 1. The highest BCUT2D eigenvalue weighted by atomic mass is 32.2. The number of nitrogens with one attached hydrogen (secondary N) is 1. The molecule has 6 heteroatoms. The molecule has 1 heterocycles. The Morgan fingerprint density at radius 3 is 2.41 bits per heavy atom. The minimum atomic E-state index is -3.65. The van der Waals surface area contributed by atoms with Crippen molar-refractivity contribution >= 4 is 15.9 Å². The lowest BCUT2D eigenvalue weighted by molar-refractivity contribution is -0.124. The van der Waals surface area contributed by atoms with Crippen LogP contribution in [0, 0.1) is 0 Å². The molecule has 1 amide bonds. The molecule has 144 valence electrons. The molecule has 0 aliphatic carbocycles. The van der Waals surface area contributed by atoms with Crippen molar-refractivity contribution < 1.29 is 13.2 Å². The molecule has 2 aromatic rings. The zero-order valence-corrected chi connectivity index (χ0v) is 16.4. The zero-order valence-electron chi connectivity index (χ0n) is 15.5. The molecule has 3 rings (SSSR count). The predicted molar refractivity (Wildman–Crippen MR) is 106 cm³/mol. The van der Waals surface area contributed by atoms with Gasteiger partial charge in [0.2, 0.25) is 15.9 Å². The Morgan fingerprint density at radius 2 is 1.74 bits per heavy atom. The van der Waals surface area contributed by atoms with Gasteiger partial charge in [0.05, 0.1) is 4.90 Å². The van der Waals surface area contributed by atoms with E-state index < -0.39 is 16.1 Å². The quantitative estimate of drug-likeness (QED) is 0.796. The molecule has 2 atom stereocenters. The Labute approximate surface area is 161 Å². The Kier molecular flexibility index (Phi) is 6.29. The van der Waals surface area contributed by atoms with Gasteiger partial charge in [-0.1, -0.05) is 48.5 Å². The van der Waals surface area contributed by atoms with Crippen LogP contribution in [0.1, 0.15) is 31.7 Å². The first-order chi connectivity index (χ1) is 13.0. The number of sulfonamides is 1. The van der Waals surface area contributed by atoms with E-state index in [1.807, 2.05) is 25.1 Å². The molecule has 1 saturated heterocycles. The summed E-state index contributed by atoms with van der Waals surface area (Å²) < 4.78 is 27.1. The maximum Gasteiger partial charge on any atom is 0.243 e. The standard InChI is InChI=1S/C21H26N2O3S/c1-17(14-15-18-9-4-2-5-10-18)22-21(24)20-13-8-16-23(20)27(25,26)19-11-6-3-7-12-19/h2-7,9-12,17,20H,8,13-16H2,1H3,(H,22,24). The maximum atomic E-state index is 12.9. The van der Waals surface area contributed by atoms with E-state index in [4.69, 9.17) is 0 Å². The molecular weight excluding hydrogens is 360 g/mol. The predicted octanol–water partition coefficient (Wildman–Crippen LogP) is 2.98. The monoisotopic (exact) mass is 386 g/mol. The smallest absolute Gasteiger partial charge is 0.243 e. The van der Waals surface area contributed by atoms with Gasteiger partial charge in [-0.3, -0.25) is 4.79 Å². The molecule has 0 bridgehead atoms. The van der Waals surface area contributed by atoms with E-state index in [9.17, 15) is 13.2 Å². The van der Waals surface area contributed by atoms with Crippen molar-refractivity contribution in [3.05, 3.63) is 66.2 Å². The van der Waals surface area contributed by atoms with Gasteiger partial charge in [0, 0.05) is 12.6 Å². The van der Waals surface area contributed by atoms with E-state index in [1.54, 1.807) is 30.3 Å². The summed E-state index contributed by atoms with van der Waals surface area (Å²) in [5.74, 6) is -0.201. The number of aryl methyl sites for hydroxylation is 1. The summed E-state index contributed by atoms with van der Waals surface area (Å²) in [6.45, 7) is 2.35. The number of benzene rings is 2. The van der Waals surface area contributed by atoms with E-state index in [0.29, 0.717) is 19.4 Å².